The number of aliphatic hydroxyl groups excluding tert-OH is 1. The van der Waals surface area contributed by atoms with Gasteiger partial charge in [0, 0.05) is 12.0 Å². The molecule has 2 N–H and O–H groups in total. The number of rotatable bonds is 3. The molecule has 0 amide bonds. The predicted octanol–water partition coefficient (Wildman–Crippen LogP) is -0.00830. The van der Waals surface area contributed by atoms with Crippen LogP contribution >= 0.6 is 0 Å². The molecular weight excluding hydrogens is 142 g/mol. The molecule has 66 valence electrons. The van der Waals surface area contributed by atoms with Crippen LogP contribution < -0.4 is 5.32 Å². The molecule has 0 saturated carbocycles. The average molecular weight is 159 g/mol. The number of nitrogens with one attached hydrogen (secondary N) is 1. The van der Waals surface area contributed by atoms with E-state index < -0.39 is 0 Å². The van der Waals surface area contributed by atoms with Crippen LogP contribution in [0.5, 0.6) is 0 Å². The second-order valence-corrected chi connectivity index (χ2v) is 3.12. The summed E-state index contributed by atoms with van der Waals surface area (Å²) in [5.41, 5.74) is 0. The zero-order valence-corrected chi connectivity index (χ0v) is 7.21. The normalized spacial score (nSPS) is 34.1. The first kappa shape index (κ1) is 8.97. The van der Waals surface area contributed by atoms with Gasteiger partial charge >= 0.3 is 0 Å². The number of hydrogen-bond donors (Lipinski definition) is 2. The first-order valence-corrected chi connectivity index (χ1v) is 4.25. The summed E-state index contributed by atoms with van der Waals surface area (Å²) in [7, 11) is 0. The van der Waals surface area contributed by atoms with Crippen LogP contribution in [0.2, 0.25) is 0 Å². The van der Waals surface area contributed by atoms with Gasteiger partial charge in [-0.15, -0.1) is 0 Å². The summed E-state index contributed by atoms with van der Waals surface area (Å²) in [5, 5.41) is 12.7. The van der Waals surface area contributed by atoms with Gasteiger partial charge in [-0.1, -0.05) is 6.92 Å². The molecule has 0 aliphatic carbocycles. The minimum absolute atomic E-state index is 0.273. The average Bonchev–Trinajstić information content (AvgIpc) is 2.36. The lowest BCUT2D eigenvalue weighted by molar-refractivity contribution is 0.112. The second-order valence-electron chi connectivity index (χ2n) is 3.12. The number of hydrogen-bond acceptors (Lipinski definition) is 3. The Morgan fingerprint density at radius 3 is 2.82 bits per heavy atom. The Hall–Kier alpha value is -0.120. The van der Waals surface area contributed by atoms with Gasteiger partial charge in [0.1, 0.15) is 0 Å². The molecule has 0 aromatic heterocycles. The fourth-order valence-electron chi connectivity index (χ4n) is 1.51. The summed E-state index contributed by atoms with van der Waals surface area (Å²) in [6, 6.07) is 0.359. The van der Waals surface area contributed by atoms with E-state index >= 15 is 0 Å². The summed E-state index contributed by atoms with van der Waals surface area (Å²) >= 11 is 0. The lowest BCUT2D eigenvalue weighted by Gasteiger charge is -2.20. The van der Waals surface area contributed by atoms with Crippen molar-refractivity contribution < 1.29 is 9.84 Å². The molecular formula is C8H17NO2. The number of ether oxygens (including phenoxy) is 1. The van der Waals surface area contributed by atoms with Crippen LogP contribution in [0.3, 0.4) is 0 Å². The molecule has 1 saturated heterocycles. The van der Waals surface area contributed by atoms with Crippen molar-refractivity contribution in [1.29, 1.82) is 0 Å². The maximum atomic E-state index is 9.42. The molecule has 1 rings (SSSR count). The van der Waals surface area contributed by atoms with Crippen LogP contribution in [-0.2, 0) is 4.74 Å². The van der Waals surface area contributed by atoms with Crippen LogP contribution in [0.4, 0.5) is 0 Å². The van der Waals surface area contributed by atoms with Crippen LogP contribution in [0.25, 0.3) is 0 Å². The summed E-state index contributed by atoms with van der Waals surface area (Å²) in [6.45, 7) is 6.30. The molecule has 0 radical (unpaired) electrons. The van der Waals surface area contributed by atoms with Gasteiger partial charge in [0.2, 0.25) is 0 Å². The van der Waals surface area contributed by atoms with E-state index in [2.05, 4.69) is 19.2 Å². The van der Waals surface area contributed by atoms with Crippen LogP contribution in [0.1, 0.15) is 13.8 Å². The van der Waals surface area contributed by atoms with Crippen LogP contribution in [0, 0.1) is 5.92 Å². The lowest BCUT2D eigenvalue weighted by atomic mass is 9.98. The predicted molar refractivity (Wildman–Crippen MR) is 43.5 cm³/mol. The Balaban J connectivity index is 2.33. The molecule has 0 bridgehead atoms. The van der Waals surface area contributed by atoms with E-state index in [9.17, 15) is 5.11 Å². The maximum absolute atomic E-state index is 9.42. The van der Waals surface area contributed by atoms with E-state index in [1.807, 2.05) is 0 Å². The van der Waals surface area contributed by atoms with Gasteiger partial charge in [-0.25, -0.2) is 0 Å². The lowest BCUT2D eigenvalue weighted by Crippen LogP contribution is -2.39. The van der Waals surface area contributed by atoms with Crippen LogP contribution in [-0.4, -0.2) is 37.0 Å². The maximum Gasteiger partial charge on any atom is 0.0838 e. The zero-order chi connectivity index (χ0) is 8.27. The molecule has 1 aliphatic rings. The van der Waals surface area contributed by atoms with Gasteiger partial charge < -0.3 is 15.2 Å². The Kier molecular flexibility index (Phi) is 3.30. The topological polar surface area (TPSA) is 41.5 Å². The highest BCUT2D eigenvalue weighted by atomic mass is 16.5. The van der Waals surface area contributed by atoms with E-state index in [0.717, 1.165) is 6.54 Å². The first-order valence-electron chi connectivity index (χ1n) is 4.25. The Labute approximate surface area is 67.7 Å². The molecule has 0 aromatic carbocycles. The Morgan fingerprint density at radius 2 is 2.36 bits per heavy atom. The van der Waals surface area contributed by atoms with E-state index in [1.54, 1.807) is 0 Å². The minimum Gasteiger partial charge on any atom is -0.390 e. The van der Waals surface area contributed by atoms with Gasteiger partial charge in [0.25, 0.3) is 0 Å². The Bertz CT molecular complexity index is 119. The molecule has 3 heteroatoms. The largest absolute Gasteiger partial charge is 0.390 e. The van der Waals surface area contributed by atoms with Crippen molar-refractivity contribution in [1.82, 2.24) is 5.32 Å². The third-order valence-electron chi connectivity index (χ3n) is 2.26. The van der Waals surface area contributed by atoms with E-state index in [0.29, 0.717) is 19.3 Å². The van der Waals surface area contributed by atoms with Crippen molar-refractivity contribution in [2.24, 2.45) is 5.92 Å². The monoisotopic (exact) mass is 159 g/mol. The molecule has 11 heavy (non-hydrogen) atoms. The highest BCUT2D eigenvalue weighted by molar-refractivity contribution is 4.82. The van der Waals surface area contributed by atoms with Gasteiger partial charge in [0.15, 0.2) is 0 Å². The molecule has 1 heterocycles. The van der Waals surface area contributed by atoms with Crippen LogP contribution in [0.15, 0.2) is 0 Å². The summed E-state index contributed by atoms with van der Waals surface area (Å²) in [6.07, 6.45) is -0.274. The number of aliphatic hydroxyl groups is 1. The standard InChI is InChI=1S/C8H17NO2/c1-3-9-6(2)7-4-11-5-8(7)10/h6-10H,3-5H2,1-2H3/t6?,7-,8+/m0/s1. The van der Waals surface area contributed by atoms with Gasteiger partial charge in [0.05, 0.1) is 19.3 Å². The van der Waals surface area contributed by atoms with Crippen molar-refractivity contribution in [2.75, 3.05) is 19.8 Å². The molecule has 0 aromatic rings. The van der Waals surface area contributed by atoms with E-state index in [4.69, 9.17) is 4.74 Å². The smallest absolute Gasteiger partial charge is 0.0838 e. The highest BCUT2D eigenvalue weighted by Crippen LogP contribution is 2.16. The Morgan fingerprint density at radius 1 is 1.64 bits per heavy atom. The molecule has 3 atom stereocenters. The van der Waals surface area contributed by atoms with Crippen molar-refractivity contribution in [2.45, 2.75) is 26.0 Å². The van der Waals surface area contributed by atoms with Gasteiger partial charge in [-0.3, -0.25) is 0 Å². The van der Waals surface area contributed by atoms with Crippen molar-refractivity contribution in [3.05, 3.63) is 0 Å². The molecule has 1 aliphatic heterocycles. The molecule has 1 fully saturated rings. The second kappa shape index (κ2) is 4.04. The van der Waals surface area contributed by atoms with E-state index in [-0.39, 0.29) is 12.0 Å². The molecule has 1 unspecified atom stereocenters. The quantitative estimate of drug-likeness (QED) is 0.608. The molecule has 3 nitrogen and oxygen atoms in total. The summed E-state index contributed by atoms with van der Waals surface area (Å²) < 4.78 is 5.15. The van der Waals surface area contributed by atoms with E-state index in [1.165, 1.54) is 0 Å². The minimum atomic E-state index is -0.274. The SMILES string of the molecule is CCNC(C)[C@@H]1COC[C@H]1O. The summed E-state index contributed by atoms with van der Waals surface area (Å²) in [4.78, 5) is 0. The van der Waals surface area contributed by atoms with Crippen molar-refractivity contribution in [3.63, 3.8) is 0 Å². The van der Waals surface area contributed by atoms with Gasteiger partial charge in [-0.05, 0) is 13.5 Å². The fourth-order valence-corrected chi connectivity index (χ4v) is 1.51. The molecule has 0 spiro atoms. The fraction of sp³-hybridized carbons (Fsp3) is 1.00. The third-order valence-corrected chi connectivity index (χ3v) is 2.26. The van der Waals surface area contributed by atoms with Gasteiger partial charge in [-0.2, -0.15) is 0 Å². The zero-order valence-electron chi connectivity index (χ0n) is 7.21. The summed E-state index contributed by atoms with van der Waals surface area (Å²) in [5.74, 6) is 0.273. The first-order chi connectivity index (χ1) is 5.25. The van der Waals surface area contributed by atoms with Crippen molar-refractivity contribution in [3.8, 4) is 0 Å². The highest BCUT2D eigenvalue weighted by Gasteiger charge is 2.30. The third kappa shape index (κ3) is 2.15. The van der Waals surface area contributed by atoms with Crippen molar-refractivity contribution >= 4 is 0 Å².